The van der Waals surface area contributed by atoms with Gasteiger partial charge in [-0.2, -0.15) is 0 Å². The monoisotopic (exact) mass is 401 g/mol. The first-order valence-corrected chi connectivity index (χ1v) is 11.9. The molecule has 0 aliphatic carbocycles. The van der Waals surface area contributed by atoms with Gasteiger partial charge in [-0.1, -0.05) is 0 Å². The maximum absolute atomic E-state index is 11.6. The lowest BCUT2D eigenvalue weighted by Crippen LogP contribution is -2.40. The van der Waals surface area contributed by atoms with Crippen LogP contribution in [0.5, 0.6) is 0 Å². The molecule has 26 heavy (non-hydrogen) atoms. The Labute approximate surface area is 161 Å². The number of thiazole rings is 1. The lowest BCUT2D eigenvalue weighted by atomic mass is 9.98. The minimum Gasteiger partial charge on any atom is -0.357 e. The predicted octanol–water partition coefficient (Wildman–Crippen LogP) is 1.53. The Morgan fingerprint density at radius 2 is 2.00 bits per heavy atom. The molecule has 0 aromatic carbocycles. The van der Waals surface area contributed by atoms with E-state index in [0.717, 1.165) is 55.6 Å². The minimum absolute atomic E-state index is 0.438. The normalized spacial score (nSPS) is 17.5. The number of aryl methyl sites for hydroxylation is 2. The van der Waals surface area contributed by atoms with Crippen molar-refractivity contribution in [2.24, 2.45) is 10.9 Å². The molecule has 1 aliphatic rings. The zero-order valence-electron chi connectivity index (χ0n) is 16.2. The van der Waals surface area contributed by atoms with Crippen molar-refractivity contribution in [1.29, 1.82) is 0 Å². The number of nitrogens with one attached hydrogen (secondary N) is 2. The van der Waals surface area contributed by atoms with E-state index in [1.807, 2.05) is 6.92 Å². The second-order valence-electron chi connectivity index (χ2n) is 6.75. The average molecular weight is 402 g/mol. The molecule has 0 saturated carbocycles. The van der Waals surface area contributed by atoms with Gasteiger partial charge in [-0.3, -0.25) is 4.99 Å². The highest BCUT2D eigenvalue weighted by Crippen LogP contribution is 2.19. The lowest BCUT2D eigenvalue weighted by Gasteiger charge is -2.29. The number of sulfonamides is 1. The molecule has 0 bridgehead atoms. The van der Waals surface area contributed by atoms with Gasteiger partial charge in [0.1, 0.15) is 0 Å². The van der Waals surface area contributed by atoms with Gasteiger partial charge in [0.2, 0.25) is 10.0 Å². The van der Waals surface area contributed by atoms with Gasteiger partial charge < -0.3 is 10.6 Å². The Kier molecular flexibility index (Phi) is 7.85. The fraction of sp³-hybridized carbons (Fsp3) is 0.765. The van der Waals surface area contributed by atoms with Gasteiger partial charge in [-0.15, -0.1) is 11.3 Å². The van der Waals surface area contributed by atoms with Gasteiger partial charge in [0, 0.05) is 44.0 Å². The zero-order chi connectivity index (χ0) is 19.2. The number of aliphatic imine (C=N–C) groups is 1. The van der Waals surface area contributed by atoms with Crippen molar-refractivity contribution in [2.75, 3.05) is 39.0 Å². The largest absolute Gasteiger partial charge is 0.357 e. The Balaban J connectivity index is 1.79. The van der Waals surface area contributed by atoms with Crippen molar-refractivity contribution in [3.05, 3.63) is 15.6 Å². The first kappa shape index (κ1) is 21.1. The summed E-state index contributed by atoms with van der Waals surface area (Å²) in [6.45, 7) is 9.74. The van der Waals surface area contributed by atoms with Crippen LogP contribution in [-0.4, -0.2) is 62.6 Å². The van der Waals surface area contributed by atoms with Crippen LogP contribution >= 0.6 is 11.3 Å². The van der Waals surface area contributed by atoms with Crippen LogP contribution in [0.2, 0.25) is 0 Å². The summed E-state index contributed by atoms with van der Waals surface area (Å²) in [5, 5.41) is 7.79. The Bertz CT molecular complexity index is 687. The molecule has 0 spiro atoms. The van der Waals surface area contributed by atoms with E-state index in [2.05, 4.69) is 34.5 Å². The SMILES string of the molecule is CCNC(=NCC1CCN(S(C)(=O)=O)CC1)NCCc1nc(C)c(C)s1. The quantitative estimate of drug-likeness (QED) is 0.534. The van der Waals surface area contributed by atoms with E-state index in [4.69, 9.17) is 0 Å². The maximum Gasteiger partial charge on any atom is 0.211 e. The molecule has 0 unspecified atom stereocenters. The number of rotatable bonds is 7. The van der Waals surface area contributed by atoms with Crippen LogP contribution in [-0.2, 0) is 16.4 Å². The van der Waals surface area contributed by atoms with E-state index in [1.165, 1.54) is 11.1 Å². The lowest BCUT2D eigenvalue weighted by molar-refractivity contribution is 0.280. The highest BCUT2D eigenvalue weighted by Gasteiger charge is 2.24. The van der Waals surface area contributed by atoms with E-state index >= 15 is 0 Å². The Hall–Kier alpha value is -1.19. The Morgan fingerprint density at radius 3 is 2.54 bits per heavy atom. The molecular weight excluding hydrogens is 370 g/mol. The number of guanidine groups is 1. The molecule has 148 valence electrons. The smallest absolute Gasteiger partial charge is 0.211 e. The zero-order valence-corrected chi connectivity index (χ0v) is 17.8. The van der Waals surface area contributed by atoms with E-state index in [9.17, 15) is 8.42 Å². The van der Waals surface area contributed by atoms with Gasteiger partial charge >= 0.3 is 0 Å². The van der Waals surface area contributed by atoms with Gasteiger partial charge in [-0.25, -0.2) is 17.7 Å². The summed E-state index contributed by atoms with van der Waals surface area (Å²) in [5.74, 6) is 1.26. The molecule has 1 fully saturated rings. The van der Waals surface area contributed by atoms with Crippen LogP contribution < -0.4 is 10.6 Å². The predicted molar refractivity (Wildman–Crippen MR) is 108 cm³/mol. The number of aromatic nitrogens is 1. The average Bonchev–Trinajstić information content (AvgIpc) is 2.90. The summed E-state index contributed by atoms with van der Waals surface area (Å²) in [4.78, 5) is 10.5. The van der Waals surface area contributed by atoms with Crippen LogP contribution in [0, 0.1) is 19.8 Å². The number of piperidine rings is 1. The molecule has 2 heterocycles. The second kappa shape index (κ2) is 9.66. The molecule has 1 saturated heterocycles. The van der Waals surface area contributed by atoms with Crippen molar-refractivity contribution >= 4 is 27.3 Å². The second-order valence-corrected chi connectivity index (χ2v) is 10.0. The van der Waals surface area contributed by atoms with Crippen LogP contribution in [0.15, 0.2) is 4.99 Å². The van der Waals surface area contributed by atoms with Gasteiger partial charge in [0.15, 0.2) is 5.96 Å². The van der Waals surface area contributed by atoms with E-state index in [1.54, 1.807) is 15.6 Å². The van der Waals surface area contributed by atoms with Crippen molar-refractivity contribution < 1.29 is 8.42 Å². The molecule has 1 aliphatic heterocycles. The molecule has 9 heteroatoms. The minimum atomic E-state index is -3.06. The van der Waals surface area contributed by atoms with Gasteiger partial charge in [0.05, 0.1) is 17.0 Å². The summed E-state index contributed by atoms with van der Waals surface area (Å²) >= 11 is 1.75. The van der Waals surface area contributed by atoms with E-state index < -0.39 is 10.0 Å². The van der Waals surface area contributed by atoms with E-state index in [0.29, 0.717) is 19.0 Å². The summed E-state index contributed by atoms with van der Waals surface area (Å²) in [6, 6.07) is 0. The first-order valence-electron chi connectivity index (χ1n) is 9.19. The molecule has 2 rings (SSSR count). The third-order valence-electron chi connectivity index (χ3n) is 4.60. The number of nitrogens with zero attached hydrogens (tertiary/aromatic N) is 3. The van der Waals surface area contributed by atoms with Gasteiger partial charge in [-0.05, 0) is 39.5 Å². The standard InChI is InChI=1S/C17H31N5O2S2/c1-5-18-17(19-9-6-16-21-13(2)14(3)25-16)20-12-15-7-10-22(11-8-15)26(4,23)24/h15H,5-12H2,1-4H3,(H2,18,19,20). The van der Waals surface area contributed by atoms with Crippen LogP contribution in [0.1, 0.15) is 35.3 Å². The Morgan fingerprint density at radius 1 is 1.31 bits per heavy atom. The first-order chi connectivity index (χ1) is 12.3. The maximum atomic E-state index is 11.6. The third kappa shape index (κ3) is 6.51. The van der Waals surface area contributed by atoms with Crippen LogP contribution in [0.3, 0.4) is 0 Å². The number of hydrogen-bond acceptors (Lipinski definition) is 5. The number of hydrogen-bond donors (Lipinski definition) is 2. The van der Waals surface area contributed by atoms with Crippen molar-refractivity contribution in [2.45, 2.75) is 40.0 Å². The summed E-state index contributed by atoms with van der Waals surface area (Å²) in [7, 11) is -3.06. The third-order valence-corrected chi connectivity index (χ3v) is 7.03. The molecule has 0 amide bonds. The molecule has 0 atom stereocenters. The molecule has 1 aromatic heterocycles. The highest BCUT2D eigenvalue weighted by molar-refractivity contribution is 7.88. The van der Waals surface area contributed by atoms with Crippen molar-refractivity contribution in [1.82, 2.24) is 19.9 Å². The van der Waals surface area contributed by atoms with Crippen LogP contribution in [0.25, 0.3) is 0 Å². The van der Waals surface area contributed by atoms with Gasteiger partial charge in [0.25, 0.3) is 0 Å². The fourth-order valence-electron chi connectivity index (χ4n) is 2.92. The molecule has 1 aromatic rings. The van der Waals surface area contributed by atoms with Crippen molar-refractivity contribution in [3.63, 3.8) is 0 Å². The fourth-order valence-corrected chi connectivity index (χ4v) is 4.73. The van der Waals surface area contributed by atoms with Crippen LogP contribution in [0.4, 0.5) is 0 Å². The molecule has 2 N–H and O–H groups in total. The van der Waals surface area contributed by atoms with Crippen molar-refractivity contribution in [3.8, 4) is 0 Å². The summed E-state index contributed by atoms with van der Waals surface area (Å²) in [6.07, 6.45) is 3.90. The summed E-state index contributed by atoms with van der Waals surface area (Å²) in [5.41, 5.74) is 1.12. The molecular formula is C17H31N5O2S2. The van der Waals surface area contributed by atoms with E-state index in [-0.39, 0.29) is 0 Å². The molecule has 7 nitrogen and oxygen atoms in total. The molecule has 0 radical (unpaired) electrons. The topological polar surface area (TPSA) is 86.7 Å². The highest BCUT2D eigenvalue weighted by atomic mass is 32.2. The summed E-state index contributed by atoms with van der Waals surface area (Å²) < 4.78 is 24.7.